The highest BCUT2D eigenvalue weighted by atomic mass is 127. The molecule has 0 aliphatic heterocycles. The minimum absolute atomic E-state index is 0.187. The molecule has 0 spiro atoms. The third-order valence-corrected chi connectivity index (χ3v) is 2.94. The summed E-state index contributed by atoms with van der Waals surface area (Å²) in [5.41, 5.74) is -1.59. The summed E-state index contributed by atoms with van der Waals surface area (Å²) in [7, 11) is 0. The fourth-order valence-electron chi connectivity index (χ4n) is 1.36. The molecule has 0 aliphatic rings. The van der Waals surface area contributed by atoms with E-state index in [1.165, 1.54) is 11.6 Å². The molecule has 0 fully saturated rings. The second kappa shape index (κ2) is 6.17. The number of carbonyl (C=O) groups excluding carboxylic acids is 2. The Kier molecular flexibility index (Phi) is 5.12. The molecule has 1 rings (SSSR count). The molecule has 0 N–H and O–H groups in total. The minimum Gasteiger partial charge on any atom is -0.464 e. The molecule has 7 heteroatoms. The van der Waals surface area contributed by atoms with Gasteiger partial charge < -0.3 is 9.47 Å². The summed E-state index contributed by atoms with van der Waals surface area (Å²) < 4.78 is 11.8. The number of aromatic nitrogens is 2. The molecule has 0 saturated carbocycles. The molecule has 0 aliphatic carbocycles. The second-order valence-electron chi connectivity index (χ2n) is 3.60. The van der Waals surface area contributed by atoms with Crippen molar-refractivity contribution in [1.29, 1.82) is 0 Å². The molecule has 18 heavy (non-hydrogen) atoms. The fraction of sp³-hybridized carbons (Fsp3) is 0.545. The van der Waals surface area contributed by atoms with E-state index in [4.69, 9.17) is 9.47 Å². The van der Waals surface area contributed by atoms with Crippen molar-refractivity contribution < 1.29 is 19.1 Å². The van der Waals surface area contributed by atoms with Gasteiger partial charge in [0.05, 0.1) is 13.2 Å². The Morgan fingerprint density at radius 3 is 2.17 bits per heavy atom. The minimum atomic E-state index is -1.59. The molecule has 1 aromatic rings. The van der Waals surface area contributed by atoms with E-state index in [2.05, 4.69) is 5.10 Å². The maximum absolute atomic E-state index is 12.0. The Labute approximate surface area is 119 Å². The van der Waals surface area contributed by atoms with Crippen molar-refractivity contribution in [2.24, 2.45) is 0 Å². The molecule has 0 amide bonds. The van der Waals surface area contributed by atoms with Gasteiger partial charge >= 0.3 is 11.9 Å². The Bertz CT molecular complexity index is 426. The van der Waals surface area contributed by atoms with Crippen LogP contribution in [0.25, 0.3) is 0 Å². The molecule has 0 aromatic carbocycles. The summed E-state index contributed by atoms with van der Waals surface area (Å²) in [6.45, 7) is 5.16. The van der Waals surface area contributed by atoms with Crippen LogP contribution < -0.4 is 0 Å². The molecule has 0 unspecified atom stereocenters. The van der Waals surface area contributed by atoms with Crippen molar-refractivity contribution >= 4 is 34.5 Å². The predicted molar refractivity (Wildman–Crippen MR) is 71.9 cm³/mol. The van der Waals surface area contributed by atoms with Crippen LogP contribution in [0.5, 0.6) is 0 Å². The summed E-state index contributed by atoms with van der Waals surface area (Å²) in [4.78, 5) is 24.0. The highest BCUT2D eigenvalue weighted by Gasteiger charge is 2.47. The molecule has 1 heterocycles. The lowest BCUT2D eigenvalue weighted by atomic mass is 10.0. The van der Waals surface area contributed by atoms with Crippen LogP contribution in [0.4, 0.5) is 0 Å². The van der Waals surface area contributed by atoms with Gasteiger partial charge in [-0.2, -0.15) is 5.10 Å². The smallest absolute Gasteiger partial charge is 0.345 e. The molecular weight excluding hydrogens is 351 g/mol. The Morgan fingerprint density at radius 2 is 1.83 bits per heavy atom. The number of rotatable bonds is 5. The van der Waals surface area contributed by atoms with E-state index in [1.807, 2.05) is 22.6 Å². The first-order chi connectivity index (χ1) is 8.46. The molecule has 100 valence electrons. The van der Waals surface area contributed by atoms with Gasteiger partial charge in [-0.3, -0.25) is 0 Å². The van der Waals surface area contributed by atoms with Crippen molar-refractivity contribution in [3.8, 4) is 0 Å². The zero-order chi connectivity index (χ0) is 13.8. The Balaban J connectivity index is 3.16. The quantitative estimate of drug-likeness (QED) is 0.447. The molecule has 0 atom stereocenters. The van der Waals surface area contributed by atoms with Crippen molar-refractivity contribution in [2.75, 3.05) is 13.2 Å². The lowest BCUT2D eigenvalue weighted by molar-refractivity contribution is -0.169. The van der Waals surface area contributed by atoms with Crippen LogP contribution in [-0.4, -0.2) is 34.9 Å². The molecule has 6 nitrogen and oxygen atoms in total. The van der Waals surface area contributed by atoms with E-state index in [0.29, 0.717) is 3.70 Å². The van der Waals surface area contributed by atoms with E-state index in [1.54, 1.807) is 26.1 Å². The van der Waals surface area contributed by atoms with Crippen LogP contribution in [0.15, 0.2) is 12.3 Å². The van der Waals surface area contributed by atoms with Crippen LogP contribution in [-0.2, 0) is 24.6 Å². The van der Waals surface area contributed by atoms with Gasteiger partial charge in [0, 0.05) is 6.20 Å². The highest BCUT2D eigenvalue weighted by molar-refractivity contribution is 14.1. The first-order valence-electron chi connectivity index (χ1n) is 5.52. The van der Waals surface area contributed by atoms with Gasteiger partial charge in [0.2, 0.25) is 0 Å². The molecule has 0 bridgehead atoms. The average molecular weight is 366 g/mol. The summed E-state index contributed by atoms with van der Waals surface area (Å²) in [6.07, 6.45) is 1.55. The van der Waals surface area contributed by atoms with E-state index in [-0.39, 0.29) is 13.2 Å². The summed E-state index contributed by atoms with van der Waals surface area (Å²) in [5.74, 6) is -1.36. The number of hydrogen-bond acceptors (Lipinski definition) is 5. The second-order valence-corrected chi connectivity index (χ2v) is 4.70. The maximum Gasteiger partial charge on any atom is 0.345 e. The predicted octanol–water partition coefficient (Wildman–Crippen LogP) is 1.33. The highest BCUT2D eigenvalue weighted by Crippen LogP contribution is 2.20. The van der Waals surface area contributed by atoms with Crippen LogP contribution in [0.3, 0.4) is 0 Å². The zero-order valence-electron chi connectivity index (χ0n) is 10.5. The van der Waals surface area contributed by atoms with Crippen molar-refractivity contribution in [2.45, 2.75) is 26.3 Å². The third kappa shape index (κ3) is 2.82. The van der Waals surface area contributed by atoms with E-state index in [9.17, 15) is 9.59 Å². The Hall–Kier alpha value is -1.12. The van der Waals surface area contributed by atoms with Gasteiger partial charge in [-0.05, 0) is 49.4 Å². The standard InChI is InChI=1S/C11H15IN2O4/c1-4-17-9(15)11(3,10(16)18-5-2)14-7-6-8(12)13-14/h6-7H,4-5H2,1-3H3. The number of halogens is 1. The lowest BCUT2D eigenvalue weighted by Gasteiger charge is -2.25. The van der Waals surface area contributed by atoms with Gasteiger partial charge in [0.15, 0.2) is 0 Å². The van der Waals surface area contributed by atoms with Gasteiger partial charge in [-0.1, -0.05) is 0 Å². The van der Waals surface area contributed by atoms with Crippen molar-refractivity contribution in [3.63, 3.8) is 0 Å². The fourth-order valence-corrected chi connectivity index (χ4v) is 1.76. The largest absolute Gasteiger partial charge is 0.464 e. The van der Waals surface area contributed by atoms with Crippen LogP contribution >= 0.6 is 22.6 Å². The third-order valence-electron chi connectivity index (χ3n) is 2.36. The SMILES string of the molecule is CCOC(=O)C(C)(C(=O)OCC)n1ccc(I)n1. The number of esters is 2. The number of ether oxygens (including phenoxy) is 2. The number of nitrogens with zero attached hydrogens (tertiary/aromatic N) is 2. The topological polar surface area (TPSA) is 70.4 Å². The zero-order valence-corrected chi connectivity index (χ0v) is 12.6. The monoisotopic (exact) mass is 366 g/mol. The summed E-state index contributed by atoms with van der Waals surface area (Å²) >= 11 is 1.99. The first-order valence-corrected chi connectivity index (χ1v) is 6.60. The average Bonchev–Trinajstić information content (AvgIpc) is 2.75. The lowest BCUT2D eigenvalue weighted by Crippen LogP contribution is -2.49. The summed E-state index contributed by atoms with van der Waals surface area (Å²) in [5, 5.41) is 4.09. The molecule has 0 saturated heterocycles. The normalized spacial score (nSPS) is 11.1. The van der Waals surface area contributed by atoms with Gasteiger partial charge in [-0.15, -0.1) is 0 Å². The molecule has 0 radical (unpaired) electrons. The Morgan fingerprint density at radius 1 is 1.33 bits per heavy atom. The van der Waals surface area contributed by atoms with E-state index < -0.39 is 17.5 Å². The maximum atomic E-state index is 12.0. The van der Waals surface area contributed by atoms with Gasteiger partial charge in [-0.25, -0.2) is 14.3 Å². The van der Waals surface area contributed by atoms with Crippen LogP contribution in [0.1, 0.15) is 20.8 Å². The van der Waals surface area contributed by atoms with Crippen molar-refractivity contribution in [3.05, 3.63) is 16.0 Å². The number of hydrogen-bond donors (Lipinski definition) is 0. The molecule has 1 aromatic heterocycles. The van der Waals surface area contributed by atoms with E-state index >= 15 is 0 Å². The van der Waals surface area contributed by atoms with Crippen LogP contribution in [0, 0.1) is 3.70 Å². The van der Waals surface area contributed by atoms with Crippen LogP contribution in [0.2, 0.25) is 0 Å². The molecular formula is C11H15IN2O4. The number of carbonyl (C=O) groups is 2. The van der Waals surface area contributed by atoms with Crippen molar-refractivity contribution in [1.82, 2.24) is 9.78 Å². The van der Waals surface area contributed by atoms with Gasteiger partial charge in [0.25, 0.3) is 5.54 Å². The summed E-state index contributed by atoms with van der Waals surface area (Å²) in [6, 6.07) is 1.69. The van der Waals surface area contributed by atoms with Gasteiger partial charge in [0.1, 0.15) is 3.70 Å². The van der Waals surface area contributed by atoms with E-state index in [0.717, 1.165) is 0 Å². The first kappa shape index (κ1) is 14.9.